The van der Waals surface area contributed by atoms with Crippen molar-refractivity contribution in [3.8, 4) is 0 Å². The van der Waals surface area contributed by atoms with Crippen LogP contribution in [0.4, 0.5) is 22.0 Å². The lowest BCUT2D eigenvalue weighted by Crippen LogP contribution is -2.57. The molecule has 0 heterocycles. The summed E-state index contributed by atoms with van der Waals surface area (Å²) in [6.45, 7) is 0. The molecular weight excluding hydrogens is 639 g/mol. The fraction of sp³-hybridized carbons (Fsp3) is 0.375. The van der Waals surface area contributed by atoms with Gasteiger partial charge in [0.1, 0.15) is 17.8 Å². The molecule has 3 aromatic carbocycles. The van der Waals surface area contributed by atoms with E-state index in [0.29, 0.717) is 12.8 Å². The van der Waals surface area contributed by atoms with E-state index in [9.17, 15) is 36.8 Å². The van der Waals surface area contributed by atoms with Crippen molar-refractivity contribution in [3.05, 3.63) is 91.0 Å². The highest BCUT2D eigenvalue weighted by Crippen LogP contribution is 2.59. The van der Waals surface area contributed by atoms with Crippen LogP contribution >= 0.6 is 12.0 Å². The van der Waals surface area contributed by atoms with Crippen LogP contribution in [0.15, 0.2) is 106 Å². The number of halogens is 5. The third-order valence-electron chi connectivity index (χ3n) is 8.36. The van der Waals surface area contributed by atoms with Gasteiger partial charge in [0.15, 0.2) is 14.7 Å². The van der Waals surface area contributed by atoms with Gasteiger partial charge >= 0.3 is 17.4 Å². The molecule has 45 heavy (non-hydrogen) atoms. The maximum absolute atomic E-state index is 13.7. The van der Waals surface area contributed by atoms with Gasteiger partial charge in [-0.2, -0.15) is 26.3 Å². The van der Waals surface area contributed by atoms with Gasteiger partial charge in [0.2, 0.25) is 0 Å². The van der Waals surface area contributed by atoms with Crippen LogP contribution in [0.3, 0.4) is 0 Å². The topological polar surface area (TPSA) is 84.9 Å². The van der Waals surface area contributed by atoms with Crippen LogP contribution in [0.5, 0.6) is 0 Å². The Morgan fingerprint density at radius 1 is 0.800 bits per heavy atom. The molecule has 4 aliphatic carbocycles. The SMILES string of the molecule is O=C1C2CC3CC1CC(C(=O)OC(C(F)(F)F)C(F)(F)SOO[O-])(C3)C2.c1ccc([S+](c2ccccc2)c2ccccc2)cc1. The molecule has 13 heteroatoms. The number of alkyl halides is 5. The van der Waals surface area contributed by atoms with Crippen molar-refractivity contribution in [2.24, 2.45) is 23.2 Å². The molecule has 4 bridgehead atoms. The molecule has 0 spiro atoms. The average molecular weight is 669 g/mol. The van der Waals surface area contributed by atoms with Gasteiger partial charge in [-0.25, -0.2) is 0 Å². The number of hydrogen-bond donors (Lipinski definition) is 0. The Bertz CT molecular complexity index is 1330. The number of esters is 1. The second-order valence-corrected chi connectivity index (χ2v) is 14.3. The Kier molecular flexibility index (Phi) is 10.2. The maximum Gasteiger partial charge on any atom is 0.432 e. The van der Waals surface area contributed by atoms with E-state index in [4.69, 9.17) is 0 Å². The number of benzene rings is 3. The molecule has 4 saturated carbocycles. The van der Waals surface area contributed by atoms with E-state index < -0.39 is 52.8 Å². The molecule has 6 nitrogen and oxygen atoms in total. The van der Waals surface area contributed by atoms with E-state index in [1.54, 1.807) is 0 Å². The second kappa shape index (κ2) is 13.8. The van der Waals surface area contributed by atoms with Gasteiger partial charge in [-0.1, -0.05) is 54.6 Å². The molecule has 0 aliphatic heterocycles. The van der Waals surface area contributed by atoms with Crippen molar-refractivity contribution in [2.75, 3.05) is 0 Å². The summed E-state index contributed by atoms with van der Waals surface area (Å²) in [6, 6.07) is 32.2. The second-order valence-electron chi connectivity index (χ2n) is 11.4. The lowest BCUT2D eigenvalue weighted by Gasteiger charge is -2.54. The third kappa shape index (κ3) is 7.54. The zero-order valence-electron chi connectivity index (χ0n) is 23.7. The van der Waals surface area contributed by atoms with Crippen molar-refractivity contribution < 1.29 is 50.9 Å². The predicted molar refractivity (Wildman–Crippen MR) is 153 cm³/mol. The molecule has 240 valence electrons. The summed E-state index contributed by atoms with van der Waals surface area (Å²) in [5, 5.41) is 7.48. The first-order valence-corrected chi connectivity index (χ1v) is 16.1. The first-order valence-electron chi connectivity index (χ1n) is 14.2. The quantitative estimate of drug-likeness (QED) is 0.0601. The molecule has 7 rings (SSSR count). The van der Waals surface area contributed by atoms with Gasteiger partial charge in [0, 0.05) is 11.8 Å². The number of carbonyl (C=O) groups excluding carboxylic acids is 2. The Morgan fingerprint density at radius 3 is 1.64 bits per heavy atom. The molecule has 0 amide bonds. The van der Waals surface area contributed by atoms with Gasteiger partial charge in [-0.15, -0.1) is 0 Å². The van der Waals surface area contributed by atoms with Crippen molar-refractivity contribution >= 4 is 34.7 Å². The zero-order chi connectivity index (χ0) is 32.2. The van der Waals surface area contributed by atoms with Crippen LogP contribution in [0.1, 0.15) is 32.1 Å². The third-order valence-corrected chi connectivity index (χ3v) is 11.2. The van der Waals surface area contributed by atoms with Crippen molar-refractivity contribution in [1.29, 1.82) is 0 Å². The molecule has 0 radical (unpaired) electrons. The van der Waals surface area contributed by atoms with Gasteiger partial charge in [0.25, 0.3) is 6.10 Å². The van der Waals surface area contributed by atoms with E-state index in [1.807, 2.05) is 0 Å². The largest absolute Gasteiger partial charge is 0.691 e. The van der Waals surface area contributed by atoms with E-state index >= 15 is 0 Å². The molecule has 0 saturated heterocycles. The highest BCUT2D eigenvalue weighted by molar-refractivity contribution is 7.97. The molecule has 3 atom stereocenters. The first-order chi connectivity index (χ1) is 21.4. The van der Waals surface area contributed by atoms with Crippen LogP contribution < -0.4 is 5.26 Å². The van der Waals surface area contributed by atoms with Gasteiger partial charge in [0.05, 0.1) is 16.3 Å². The number of ether oxygens (including phenoxy) is 1. The van der Waals surface area contributed by atoms with Gasteiger partial charge < -0.3 is 9.99 Å². The normalized spacial score (nSPS) is 24.6. The predicted octanol–water partition coefficient (Wildman–Crippen LogP) is 7.10. The zero-order valence-corrected chi connectivity index (χ0v) is 25.3. The fourth-order valence-corrected chi connectivity index (χ4v) is 9.23. The summed E-state index contributed by atoms with van der Waals surface area (Å²) in [5.41, 5.74) is -1.36. The highest BCUT2D eigenvalue weighted by Gasteiger charge is 2.64. The van der Waals surface area contributed by atoms with Crippen LogP contribution in [0.25, 0.3) is 0 Å². The maximum atomic E-state index is 13.7. The lowest BCUT2D eigenvalue weighted by atomic mass is 9.49. The minimum atomic E-state index is -5.60. The van der Waals surface area contributed by atoms with E-state index in [-0.39, 0.29) is 41.9 Å². The Balaban J connectivity index is 0.000000186. The Morgan fingerprint density at radius 2 is 1.24 bits per heavy atom. The molecule has 0 aromatic heterocycles. The number of Topliss-reactive ketones (excluding diaryl/α,β-unsaturated/α-hetero) is 1. The van der Waals surface area contributed by atoms with E-state index in [2.05, 4.69) is 105 Å². The van der Waals surface area contributed by atoms with Crippen LogP contribution in [-0.2, 0) is 34.6 Å². The number of carbonyl (C=O) groups is 2. The summed E-state index contributed by atoms with van der Waals surface area (Å²) in [6.07, 6.45) is -8.04. The first kappa shape index (κ1) is 33.4. The highest BCUT2D eigenvalue weighted by atomic mass is 32.2. The van der Waals surface area contributed by atoms with Crippen molar-refractivity contribution in [2.45, 2.75) is 64.3 Å². The van der Waals surface area contributed by atoms with Gasteiger partial charge in [-0.3, -0.25) is 14.6 Å². The van der Waals surface area contributed by atoms with Crippen LogP contribution in [-0.4, -0.2) is 29.3 Å². The lowest BCUT2D eigenvalue weighted by molar-refractivity contribution is -0.777. The van der Waals surface area contributed by atoms with Gasteiger partial charge in [-0.05, 0) is 74.4 Å². The van der Waals surface area contributed by atoms with Crippen molar-refractivity contribution in [1.82, 2.24) is 0 Å². The van der Waals surface area contributed by atoms with Crippen LogP contribution in [0, 0.1) is 23.2 Å². The molecule has 3 aromatic rings. The molecule has 3 unspecified atom stereocenters. The molecule has 4 fully saturated rings. The minimum Gasteiger partial charge on any atom is -0.691 e. The Labute approximate surface area is 263 Å². The minimum absolute atomic E-state index is 0.00540. The summed E-state index contributed by atoms with van der Waals surface area (Å²) in [7, 11) is -0.0146. The number of rotatable bonds is 9. The fourth-order valence-electron chi connectivity index (χ4n) is 6.74. The summed E-state index contributed by atoms with van der Waals surface area (Å²) < 4.78 is 74.1. The van der Waals surface area contributed by atoms with Crippen molar-refractivity contribution in [3.63, 3.8) is 0 Å². The summed E-state index contributed by atoms with van der Waals surface area (Å²) in [4.78, 5) is 28.6. The molecular formula is C32H29F5O6S2. The number of hydrogen-bond acceptors (Lipinski definition) is 7. The summed E-state index contributed by atoms with van der Waals surface area (Å²) >= 11 is -1.19. The van der Waals surface area contributed by atoms with E-state index in [0.717, 1.165) is 0 Å². The van der Waals surface area contributed by atoms with Crippen LogP contribution in [0.2, 0.25) is 0 Å². The number of ketones is 1. The average Bonchev–Trinajstić information content (AvgIpc) is 3.02. The van der Waals surface area contributed by atoms with E-state index in [1.165, 1.54) is 14.7 Å². The molecule has 0 N–H and O–H groups in total. The smallest absolute Gasteiger partial charge is 0.432 e. The monoisotopic (exact) mass is 668 g/mol. The summed E-state index contributed by atoms with van der Waals surface area (Å²) in [5.74, 6) is -2.29. The standard InChI is InChI=1S/C18H15S.C14H15F5O6S/c1-4-10-16(11-5-1)19(17-12-6-2-7-13-17)18-14-8-3-9-15-18;15-13(16,17)10(14(18,19)26-25-24-22)23-11(21)12-3-6-1-7(4-12)9(20)8(2-6)5-12/h1-15H;6-8,10,22H,1-5H2/q+1;/p-1. The Hall–Kier alpha value is -2.97. The molecule has 4 aliphatic rings.